The van der Waals surface area contributed by atoms with Gasteiger partial charge in [0.25, 0.3) is 0 Å². The van der Waals surface area contributed by atoms with Crippen LogP contribution in [0.4, 0.5) is 4.39 Å². The van der Waals surface area contributed by atoms with E-state index in [1.165, 1.54) is 24.3 Å². The van der Waals surface area contributed by atoms with Crippen molar-refractivity contribution in [3.05, 3.63) is 97.5 Å². The van der Waals surface area contributed by atoms with Crippen molar-refractivity contribution >= 4 is 31.9 Å². The fourth-order valence-electron chi connectivity index (χ4n) is 3.41. The molecule has 0 amide bonds. The Hall–Kier alpha value is -3.02. The molecule has 156 valence electrons. The van der Waals surface area contributed by atoms with Gasteiger partial charge in [-0.05, 0) is 73.3 Å². The van der Waals surface area contributed by atoms with Gasteiger partial charge in [-0.2, -0.15) is 5.26 Å². The number of nitrogens with zero attached hydrogens (tertiary/aromatic N) is 1. The average Bonchev–Trinajstić information content (AvgIpc) is 2.73. The van der Waals surface area contributed by atoms with Crippen LogP contribution in [0.15, 0.2) is 75.0 Å². The first-order valence-electron chi connectivity index (χ1n) is 9.14. The molecule has 3 aromatic rings. The topological polar surface area (TPSA) is 88.5 Å². The normalized spacial score (nSPS) is 15.1. The minimum absolute atomic E-state index is 0.00511. The standard InChI is InChI=1S/C23H15Br2FN2O3/c24-18-7-13(8-19(25)22(18)30-11-12-1-3-14(26)4-2-12)21-16-6-5-15(29)9-20(16)31-23(28)17(21)10-27/h1-9,21,29H,11,28H2/t21-/m1/s1. The number of hydrogen-bond donors (Lipinski definition) is 2. The van der Waals surface area contributed by atoms with Gasteiger partial charge in [-0.1, -0.05) is 18.2 Å². The number of phenolic OH excluding ortho intramolecular Hbond substituents is 1. The van der Waals surface area contributed by atoms with Crippen LogP contribution in [0.2, 0.25) is 0 Å². The van der Waals surface area contributed by atoms with Crippen LogP contribution in [0.1, 0.15) is 22.6 Å². The Morgan fingerprint density at radius 3 is 2.42 bits per heavy atom. The Bertz CT molecular complexity index is 1210. The van der Waals surface area contributed by atoms with Gasteiger partial charge in [0, 0.05) is 11.6 Å². The summed E-state index contributed by atoms with van der Waals surface area (Å²) in [5.74, 6) is 0.216. The second kappa shape index (κ2) is 8.61. The molecule has 0 spiro atoms. The molecule has 0 radical (unpaired) electrons. The highest BCUT2D eigenvalue weighted by atomic mass is 79.9. The first-order valence-corrected chi connectivity index (χ1v) is 10.7. The molecule has 0 aliphatic carbocycles. The number of allylic oxidation sites excluding steroid dienone is 1. The van der Waals surface area contributed by atoms with Crippen LogP contribution in [0.5, 0.6) is 17.2 Å². The van der Waals surface area contributed by atoms with E-state index in [9.17, 15) is 14.8 Å². The van der Waals surface area contributed by atoms with E-state index in [-0.39, 0.29) is 29.6 Å². The van der Waals surface area contributed by atoms with Crippen molar-refractivity contribution < 1.29 is 19.0 Å². The van der Waals surface area contributed by atoms with Crippen LogP contribution < -0.4 is 15.2 Å². The van der Waals surface area contributed by atoms with E-state index in [0.717, 1.165) is 11.1 Å². The highest BCUT2D eigenvalue weighted by molar-refractivity contribution is 9.11. The fraction of sp³-hybridized carbons (Fsp3) is 0.0870. The first kappa shape index (κ1) is 21.2. The number of benzene rings is 3. The van der Waals surface area contributed by atoms with E-state index in [4.69, 9.17) is 15.2 Å². The molecular formula is C23H15Br2FN2O3. The summed E-state index contributed by atoms with van der Waals surface area (Å²) in [5.41, 5.74) is 8.58. The lowest BCUT2D eigenvalue weighted by atomic mass is 9.83. The highest BCUT2D eigenvalue weighted by Gasteiger charge is 2.31. The van der Waals surface area contributed by atoms with Crippen LogP contribution in [-0.2, 0) is 6.61 Å². The Labute approximate surface area is 194 Å². The number of nitriles is 1. The van der Waals surface area contributed by atoms with Crippen LogP contribution in [0, 0.1) is 17.1 Å². The SMILES string of the molecule is N#CC1=C(N)Oc2cc(O)ccc2[C@H]1c1cc(Br)c(OCc2ccc(F)cc2)c(Br)c1. The predicted octanol–water partition coefficient (Wildman–Crippen LogP) is 5.85. The molecule has 1 heterocycles. The summed E-state index contributed by atoms with van der Waals surface area (Å²) < 4.78 is 25.9. The highest BCUT2D eigenvalue weighted by Crippen LogP contribution is 2.46. The molecule has 1 aliphatic heterocycles. The van der Waals surface area contributed by atoms with E-state index in [1.54, 1.807) is 18.2 Å². The maximum atomic E-state index is 13.1. The minimum atomic E-state index is -0.479. The van der Waals surface area contributed by atoms with Crippen molar-refractivity contribution in [2.75, 3.05) is 0 Å². The molecule has 3 aromatic carbocycles. The number of phenols is 1. The number of fused-ring (bicyclic) bond motifs is 1. The third-order valence-corrected chi connectivity index (χ3v) is 6.03. The summed E-state index contributed by atoms with van der Waals surface area (Å²) >= 11 is 7.08. The Balaban J connectivity index is 1.70. The number of aromatic hydroxyl groups is 1. The van der Waals surface area contributed by atoms with E-state index in [0.29, 0.717) is 26.0 Å². The number of halogens is 3. The van der Waals surface area contributed by atoms with Gasteiger partial charge < -0.3 is 20.3 Å². The molecule has 31 heavy (non-hydrogen) atoms. The van der Waals surface area contributed by atoms with Gasteiger partial charge >= 0.3 is 0 Å². The van der Waals surface area contributed by atoms with E-state index in [2.05, 4.69) is 37.9 Å². The van der Waals surface area contributed by atoms with Gasteiger partial charge in [0.15, 0.2) is 0 Å². The molecule has 1 aliphatic rings. The van der Waals surface area contributed by atoms with Gasteiger partial charge in [0.2, 0.25) is 5.88 Å². The second-order valence-electron chi connectivity index (χ2n) is 6.88. The van der Waals surface area contributed by atoms with Crippen molar-refractivity contribution in [1.82, 2.24) is 0 Å². The first-order chi connectivity index (χ1) is 14.9. The molecule has 3 N–H and O–H groups in total. The quantitative estimate of drug-likeness (QED) is 0.429. The summed E-state index contributed by atoms with van der Waals surface area (Å²) in [4.78, 5) is 0. The van der Waals surface area contributed by atoms with E-state index < -0.39 is 5.92 Å². The van der Waals surface area contributed by atoms with E-state index >= 15 is 0 Å². The maximum Gasteiger partial charge on any atom is 0.205 e. The van der Waals surface area contributed by atoms with Gasteiger partial charge in [-0.15, -0.1) is 0 Å². The summed E-state index contributed by atoms with van der Waals surface area (Å²) in [6.45, 7) is 0.256. The molecule has 1 atom stereocenters. The molecule has 0 unspecified atom stereocenters. The summed E-state index contributed by atoms with van der Waals surface area (Å²) in [6.07, 6.45) is 0. The Kier molecular flexibility index (Phi) is 5.90. The van der Waals surface area contributed by atoms with Crippen LogP contribution in [0.3, 0.4) is 0 Å². The zero-order valence-electron chi connectivity index (χ0n) is 15.9. The zero-order chi connectivity index (χ0) is 22.1. The number of rotatable bonds is 4. The van der Waals surface area contributed by atoms with Crippen molar-refractivity contribution in [1.29, 1.82) is 5.26 Å². The third kappa shape index (κ3) is 4.24. The maximum absolute atomic E-state index is 13.1. The van der Waals surface area contributed by atoms with Crippen LogP contribution in [-0.4, -0.2) is 5.11 Å². The summed E-state index contributed by atoms with van der Waals surface area (Å²) in [6, 6.07) is 16.6. The number of ether oxygens (including phenoxy) is 2. The number of hydrogen-bond acceptors (Lipinski definition) is 5. The molecule has 0 aromatic heterocycles. The van der Waals surface area contributed by atoms with Crippen molar-refractivity contribution in [2.24, 2.45) is 5.73 Å². The lowest BCUT2D eigenvalue weighted by Crippen LogP contribution is -2.21. The van der Waals surface area contributed by atoms with Crippen molar-refractivity contribution in [2.45, 2.75) is 12.5 Å². The molecule has 8 heteroatoms. The lowest BCUT2D eigenvalue weighted by molar-refractivity contribution is 0.302. The molecule has 5 nitrogen and oxygen atoms in total. The van der Waals surface area contributed by atoms with Crippen LogP contribution >= 0.6 is 31.9 Å². The number of nitrogens with two attached hydrogens (primary N) is 1. The van der Waals surface area contributed by atoms with Gasteiger partial charge in [0.05, 0.1) is 14.9 Å². The molecule has 4 rings (SSSR count). The Morgan fingerprint density at radius 1 is 1.10 bits per heavy atom. The van der Waals surface area contributed by atoms with Gasteiger partial charge in [-0.25, -0.2) is 4.39 Å². The smallest absolute Gasteiger partial charge is 0.205 e. The van der Waals surface area contributed by atoms with Gasteiger partial charge in [-0.3, -0.25) is 0 Å². The van der Waals surface area contributed by atoms with Crippen molar-refractivity contribution in [3.8, 4) is 23.3 Å². The largest absolute Gasteiger partial charge is 0.508 e. The third-order valence-electron chi connectivity index (χ3n) is 4.85. The minimum Gasteiger partial charge on any atom is -0.508 e. The van der Waals surface area contributed by atoms with Crippen LogP contribution in [0.25, 0.3) is 0 Å². The zero-order valence-corrected chi connectivity index (χ0v) is 19.1. The Morgan fingerprint density at radius 2 is 1.77 bits per heavy atom. The second-order valence-corrected chi connectivity index (χ2v) is 8.58. The molecular weight excluding hydrogens is 531 g/mol. The van der Waals surface area contributed by atoms with Gasteiger partial charge in [0.1, 0.15) is 41.3 Å². The summed E-state index contributed by atoms with van der Waals surface area (Å²) in [5, 5.41) is 19.5. The fourth-order valence-corrected chi connectivity index (χ4v) is 4.86. The van der Waals surface area contributed by atoms with E-state index in [1.807, 2.05) is 12.1 Å². The molecule has 0 saturated heterocycles. The monoisotopic (exact) mass is 544 g/mol. The predicted molar refractivity (Wildman–Crippen MR) is 120 cm³/mol. The average molecular weight is 546 g/mol. The summed E-state index contributed by atoms with van der Waals surface area (Å²) in [7, 11) is 0. The lowest BCUT2D eigenvalue weighted by Gasteiger charge is -2.27. The molecule has 0 bridgehead atoms. The molecule has 0 saturated carbocycles. The molecule has 0 fully saturated rings. The van der Waals surface area contributed by atoms with Crippen molar-refractivity contribution in [3.63, 3.8) is 0 Å².